The van der Waals surface area contributed by atoms with Crippen molar-refractivity contribution in [2.45, 2.75) is 103 Å². The van der Waals surface area contributed by atoms with Gasteiger partial charge in [0.1, 0.15) is 0 Å². The molecule has 1 N–H and O–H groups in total. The normalized spacial score (nSPS) is 17.8. The maximum absolute atomic E-state index is 12.5. The molecule has 1 aromatic heterocycles. The second-order valence-corrected chi connectivity index (χ2v) is 9.34. The number of unbranched alkanes of at least 4 members (excludes halogenated alkanes) is 3. The topological polar surface area (TPSA) is 84.1 Å². The van der Waals surface area contributed by atoms with Crippen molar-refractivity contribution in [3.8, 4) is 0 Å². The molecule has 0 aliphatic carbocycles. The molecule has 0 saturated carbocycles. The zero-order valence-corrected chi connectivity index (χ0v) is 19.7. The van der Waals surface area contributed by atoms with E-state index >= 15 is 0 Å². The molecule has 1 saturated heterocycles. The van der Waals surface area contributed by atoms with Crippen molar-refractivity contribution in [1.82, 2.24) is 25.1 Å². The minimum atomic E-state index is -0.349. The molecular formula is C25H39N5O2. The summed E-state index contributed by atoms with van der Waals surface area (Å²) < 4.78 is 0. The summed E-state index contributed by atoms with van der Waals surface area (Å²) in [5.41, 5.74) is 1.17. The van der Waals surface area contributed by atoms with Gasteiger partial charge in [0.2, 0.25) is 5.91 Å². The smallest absolute Gasteiger partial charge is 0.222 e. The van der Waals surface area contributed by atoms with Gasteiger partial charge in [0.05, 0.1) is 12.1 Å². The van der Waals surface area contributed by atoms with Crippen molar-refractivity contribution in [2.75, 3.05) is 6.54 Å². The molecule has 2 heterocycles. The van der Waals surface area contributed by atoms with Crippen LogP contribution in [0.1, 0.15) is 89.1 Å². The Hall–Kier alpha value is -2.28. The van der Waals surface area contributed by atoms with Crippen molar-refractivity contribution < 1.29 is 9.90 Å². The highest BCUT2D eigenvalue weighted by atomic mass is 16.3. The van der Waals surface area contributed by atoms with Crippen molar-refractivity contribution in [3.05, 3.63) is 41.7 Å². The molecule has 1 unspecified atom stereocenters. The van der Waals surface area contributed by atoms with E-state index in [4.69, 9.17) is 0 Å². The molecule has 0 radical (unpaired) electrons. The molecule has 1 amide bonds. The Balaban J connectivity index is 1.35. The van der Waals surface area contributed by atoms with Crippen LogP contribution in [0.3, 0.4) is 0 Å². The number of carbonyl (C=O) groups is 1. The van der Waals surface area contributed by atoms with Crippen LogP contribution in [0, 0.1) is 0 Å². The molecule has 2 aromatic rings. The third kappa shape index (κ3) is 7.69. The number of aryl methyl sites for hydroxylation is 1. The standard InChI is InChI=1S/C25H39N5O2/c1-20(2)30-27-24(26-28-30)14-8-3-4-9-18-29-22(13-10-15-25(29)32)16-17-23(31)19-21-11-6-5-7-12-21/h5-7,11-12,20,22-23,31H,3-4,8-10,13-19H2,1-2H3/t22-,23?/m1/s1. The molecule has 0 spiro atoms. The van der Waals surface area contributed by atoms with Gasteiger partial charge in [-0.2, -0.15) is 4.80 Å². The van der Waals surface area contributed by atoms with Gasteiger partial charge in [-0.15, -0.1) is 10.2 Å². The molecule has 3 rings (SSSR count). The average Bonchev–Trinajstić information content (AvgIpc) is 3.26. The lowest BCUT2D eigenvalue weighted by Crippen LogP contribution is -2.44. The molecule has 7 heteroatoms. The highest BCUT2D eigenvalue weighted by Crippen LogP contribution is 2.24. The van der Waals surface area contributed by atoms with Gasteiger partial charge in [-0.25, -0.2) is 0 Å². The number of rotatable bonds is 13. The molecule has 0 bridgehead atoms. The quantitative estimate of drug-likeness (QED) is 0.473. The van der Waals surface area contributed by atoms with E-state index in [0.29, 0.717) is 12.8 Å². The number of aliphatic hydroxyl groups is 1. The Kier molecular flexibility index (Phi) is 9.65. The Morgan fingerprint density at radius 2 is 1.91 bits per heavy atom. The van der Waals surface area contributed by atoms with Gasteiger partial charge in [0.25, 0.3) is 0 Å². The predicted molar refractivity (Wildman–Crippen MR) is 125 cm³/mol. The number of aromatic nitrogens is 4. The number of aliphatic hydroxyl groups excluding tert-OH is 1. The summed E-state index contributed by atoms with van der Waals surface area (Å²) in [4.78, 5) is 16.3. The Morgan fingerprint density at radius 1 is 1.12 bits per heavy atom. The van der Waals surface area contributed by atoms with Gasteiger partial charge in [-0.05, 0) is 69.6 Å². The van der Waals surface area contributed by atoms with Crippen LogP contribution >= 0.6 is 0 Å². The summed E-state index contributed by atoms with van der Waals surface area (Å²) in [7, 11) is 0. The van der Waals surface area contributed by atoms with Crippen molar-refractivity contribution >= 4 is 5.91 Å². The number of nitrogens with zero attached hydrogens (tertiary/aromatic N) is 5. The summed E-state index contributed by atoms with van der Waals surface area (Å²) in [5.74, 6) is 1.10. The summed E-state index contributed by atoms with van der Waals surface area (Å²) in [5, 5.41) is 23.1. The van der Waals surface area contributed by atoms with E-state index in [1.807, 2.05) is 32.0 Å². The SMILES string of the molecule is CC(C)n1nnc(CCCCCCN2C(=O)CCC[C@@H]2CCC(O)Cc2ccccc2)n1. The number of benzene rings is 1. The molecule has 32 heavy (non-hydrogen) atoms. The van der Waals surface area contributed by atoms with Crippen LogP contribution in [0.2, 0.25) is 0 Å². The van der Waals surface area contributed by atoms with Crippen LogP contribution in [0.25, 0.3) is 0 Å². The highest BCUT2D eigenvalue weighted by molar-refractivity contribution is 5.77. The molecule has 7 nitrogen and oxygen atoms in total. The molecule has 1 aliphatic heterocycles. The number of likely N-dealkylation sites (tertiary alicyclic amines) is 1. The van der Waals surface area contributed by atoms with E-state index in [0.717, 1.165) is 70.2 Å². The molecule has 176 valence electrons. The number of piperidine rings is 1. The van der Waals surface area contributed by atoms with Gasteiger partial charge >= 0.3 is 0 Å². The lowest BCUT2D eigenvalue weighted by molar-refractivity contribution is -0.136. The number of amides is 1. The van der Waals surface area contributed by atoms with Gasteiger partial charge < -0.3 is 10.0 Å². The summed E-state index contributed by atoms with van der Waals surface area (Å²) in [6.07, 6.45) is 9.81. The van der Waals surface area contributed by atoms with Crippen molar-refractivity contribution in [3.63, 3.8) is 0 Å². The van der Waals surface area contributed by atoms with E-state index in [1.165, 1.54) is 5.56 Å². The first-order valence-electron chi connectivity index (χ1n) is 12.3. The fraction of sp³-hybridized carbons (Fsp3) is 0.680. The zero-order valence-electron chi connectivity index (χ0n) is 19.7. The summed E-state index contributed by atoms with van der Waals surface area (Å²) in [6.45, 7) is 4.93. The first-order valence-corrected chi connectivity index (χ1v) is 12.3. The third-order valence-electron chi connectivity index (χ3n) is 6.32. The van der Waals surface area contributed by atoms with Gasteiger partial charge in [-0.3, -0.25) is 4.79 Å². The maximum Gasteiger partial charge on any atom is 0.222 e. The zero-order chi connectivity index (χ0) is 22.8. The van der Waals surface area contributed by atoms with Gasteiger partial charge in [-0.1, -0.05) is 43.2 Å². The fourth-order valence-electron chi connectivity index (χ4n) is 4.47. The van der Waals surface area contributed by atoms with E-state index in [1.54, 1.807) is 4.80 Å². The predicted octanol–water partition coefficient (Wildman–Crippen LogP) is 4.12. The van der Waals surface area contributed by atoms with E-state index in [9.17, 15) is 9.90 Å². The number of hydrogen-bond acceptors (Lipinski definition) is 5. The van der Waals surface area contributed by atoms with Crippen LogP contribution in [-0.4, -0.2) is 54.8 Å². The maximum atomic E-state index is 12.5. The molecule has 1 fully saturated rings. The minimum absolute atomic E-state index is 0.241. The highest BCUT2D eigenvalue weighted by Gasteiger charge is 2.27. The second kappa shape index (κ2) is 12.7. The Labute approximate surface area is 192 Å². The van der Waals surface area contributed by atoms with Crippen molar-refractivity contribution in [2.24, 2.45) is 0 Å². The van der Waals surface area contributed by atoms with Gasteiger partial charge in [0.15, 0.2) is 5.82 Å². The lowest BCUT2D eigenvalue weighted by Gasteiger charge is -2.36. The lowest BCUT2D eigenvalue weighted by atomic mass is 9.94. The van der Waals surface area contributed by atoms with Crippen LogP contribution in [0.15, 0.2) is 30.3 Å². The third-order valence-corrected chi connectivity index (χ3v) is 6.32. The summed E-state index contributed by atoms with van der Waals surface area (Å²) in [6, 6.07) is 10.6. The van der Waals surface area contributed by atoms with Crippen molar-refractivity contribution in [1.29, 1.82) is 0 Å². The van der Waals surface area contributed by atoms with Crippen LogP contribution < -0.4 is 0 Å². The Morgan fingerprint density at radius 3 is 2.66 bits per heavy atom. The molecule has 2 atom stereocenters. The monoisotopic (exact) mass is 441 g/mol. The first kappa shape index (κ1) is 24.4. The fourth-order valence-corrected chi connectivity index (χ4v) is 4.47. The van der Waals surface area contributed by atoms with E-state index in [2.05, 4.69) is 32.4 Å². The second-order valence-electron chi connectivity index (χ2n) is 9.34. The van der Waals surface area contributed by atoms with Crippen LogP contribution in [-0.2, 0) is 17.6 Å². The van der Waals surface area contributed by atoms with E-state index in [-0.39, 0.29) is 24.1 Å². The minimum Gasteiger partial charge on any atom is -0.393 e. The van der Waals surface area contributed by atoms with Crippen LogP contribution in [0.5, 0.6) is 0 Å². The number of tetrazole rings is 1. The van der Waals surface area contributed by atoms with Gasteiger partial charge in [0, 0.05) is 25.4 Å². The molecule has 1 aliphatic rings. The van der Waals surface area contributed by atoms with E-state index < -0.39 is 0 Å². The largest absolute Gasteiger partial charge is 0.393 e. The first-order chi connectivity index (χ1) is 15.5. The number of hydrogen-bond donors (Lipinski definition) is 1. The molecule has 1 aromatic carbocycles. The average molecular weight is 442 g/mol. The Bertz CT molecular complexity index is 808. The van der Waals surface area contributed by atoms with Crippen LogP contribution in [0.4, 0.5) is 0 Å². The summed E-state index contributed by atoms with van der Waals surface area (Å²) >= 11 is 0. The number of carbonyl (C=O) groups excluding carboxylic acids is 1. The molecular weight excluding hydrogens is 402 g/mol.